The van der Waals surface area contributed by atoms with E-state index in [4.69, 9.17) is 14.5 Å². The number of hydrogen-bond acceptors (Lipinski definition) is 11. The fraction of sp³-hybridized carbons (Fsp3) is 0.452. The Morgan fingerprint density at radius 2 is 1.68 bits per heavy atom. The molecule has 6 rings (SSSR count). The van der Waals surface area contributed by atoms with Crippen molar-refractivity contribution in [1.29, 1.82) is 0 Å². The molecular formula is C31H38N10O5S. The lowest BCUT2D eigenvalue weighted by Gasteiger charge is -2.31. The number of rotatable bonds is 10. The number of ether oxygens (including phenoxy) is 2. The zero-order valence-electron chi connectivity index (χ0n) is 27.0. The monoisotopic (exact) mass is 662 g/mol. The number of aromatic amines is 1. The van der Waals surface area contributed by atoms with Crippen LogP contribution in [-0.2, 0) is 22.0 Å². The first-order chi connectivity index (χ1) is 22.5. The molecule has 1 N–H and O–H groups in total. The Balaban J connectivity index is 1.23. The molecule has 0 radical (unpaired) electrons. The quantitative estimate of drug-likeness (QED) is 0.232. The maximum atomic E-state index is 14.0. The summed E-state index contributed by atoms with van der Waals surface area (Å²) >= 11 is 0. The number of benzene rings is 2. The fourth-order valence-electron chi connectivity index (χ4n) is 5.70. The first kappa shape index (κ1) is 32.2. The standard InChI is InChI=1S/C31H38N10O5S/c1-6-45-24-17-26(25(46-7-2)16-23(24)41-19-32-36-38-41)47(43,44)39-14-12-21(13-15-39)28-33-29-27(30(42)34-28)35-37-40(29)18-20-8-10-22(11-9-20)31(3,4)5/h8-11,16-17,19,21H,6-7,12-15,18H2,1-5H3,(H,33,34,42). The number of sulfonamides is 1. The van der Waals surface area contributed by atoms with Gasteiger partial charge < -0.3 is 14.5 Å². The maximum Gasteiger partial charge on any atom is 0.281 e. The number of nitrogens with one attached hydrogen (secondary N) is 1. The van der Waals surface area contributed by atoms with Gasteiger partial charge in [0.25, 0.3) is 5.56 Å². The van der Waals surface area contributed by atoms with Gasteiger partial charge in [0.15, 0.2) is 11.2 Å². The summed E-state index contributed by atoms with van der Waals surface area (Å²) in [5.74, 6) is 0.808. The molecule has 0 aliphatic carbocycles. The lowest BCUT2D eigenvalue weighted by Crippen LogP contribution is -2.38. The molecular weight excluding hydrogens is 624 g/mol. The van der Waals surface area contributed by atoms with Crippen LogP contribution in [0.15, 0.2) is 52.4 Å². The summed E-state index contributed by atoms with van der Waals surface area (Å²) in [4.78, 5) is 20.7. The van der Waals surface area contributed by atoms with Gasteiger partial charge >= 0.3 is 0 Å². The summed E-state index contributed by atoms with van der Waals surface area (Å²) in [6.07, 6.45) is 2.30. The fourth-order valence-corrected chi connectivity index (χ4v) is 7.29. The summed E-state index contributed by atoms with van der Waals surface area (Å²) in [5, 5.41) is 19.6. The molecule has 0 saturated carbocycles. The third-order valence-corrected chi connectivity index (χ3v) is 10.1. The second kappa shape index (κ2) is 12.8. The number of tetrazole rings is 1. The van der Waals surface area contributed by atoms with Crippen molar-refractivity contribution in [1.82, 2.24) is 49.5 Å². The van der Waals surface area contributed by atoms with E-state index in [0.717, 1.165) is 5.56 Å². The lowest BCUT2D eigenvalue weighted by molar-refractivity contribution is 0.304. The predicted molar refractivity (Wildman–Crippen MR) is 172 cm³/mol. The molecule has 1 saturated heterocycles. The zero-order valence-corrected chi connectivity index (χ0v) is 27.9. The van der Waals surface area contributed by atoms with Gasteiger partial charge in [0.1, 0.15) is 34.2 Å². The van der Waals surface area contributed by atoms with Crippen molar-refractivity contribution in [2.24, 2.45) is 0 Å². The van der Waals surface area contributed by atoms with Crippen LogP contribution in [0.5, 0.6) is 11.5 Å². The first-order valence-corrected chi connectivity index (χ1v) is 17.0. The number of piperidine rings is 1. The number of nitrogens with zero attached hydrogens (tertiary/aromatic N) is 9. The Morgan fingerprint density at radius 1 is 0.979 bits per heavy atom. The minimum Gasteiger partial charge on any atom is -0.492 e. The van der Waals surface area contributed by atoms with E-state index in [1.807, 2.05) is 19.1 Å². The molecule has 3 aromatic heterocycles. The zero-order chi connectivity index (χ0) is 33.3. The molecule has 1 aliphatic heterocycles. The molecule has 0 unspecified atom stereocenters. The molecule has 0 spiro atoms. The van der Waals surface area contributed by atoms with Gasteiger partial charge in [0.2, 0.25) is 10.0 Å². The van der Waals surface area contributed by atoms with E-state index >= 15 is 0 Å². The van der Waals surface area contributed by atoms with Crippen LogP contribution in [0.25, 0.3) is 16.9 Å². The highest BCUT2D eigenvalue weighted by atomic mass is 32.2. The Bertz CT molecular complexity index is 2030. The molecule has 1 aliphatic rings. The van der Waals surface area contributed by atoms with E-state index in [1.165, 1.54) is 26.9 Å². The Kier molecular flexibility index (Phi) is 8.80. The van der Waals surface area contributed by atoms with Crippen LogP contribution in [0.3, 0.4) is 0 Å². The van der Waals surface area contributed by atoms with Gasteiger partial charge in [-0.2, -0.15) is 8.99 Å². The highest BCUT2D eigenvalue weighted by Gasteiger charge is 2.34. The molecule has 4 heterocycles. The lowest BCUT2D eigenvalue weighted by atomic mass is 9.87. The molecule has 0 bridgehead atoms. The van der Waals surface area contributed by atoms with E-state index in [0.29, 0.717) is 48.9 Å². The van der Waals surface area contributed by atoms with Gasteiger partial charge in [0.05, 0.1) is 19.8 Å². The number of hydrogen-bond donors (Lipinski definition) is 1. The van der Waals surface area contributed by atoms with Crippen molar-refractivity contribution in [2.45, 2.75) is 70.2 Å². The second-order valence-corrected chi connectivity index (χ2v) is 14.3. The molecule has 5 aromatic rings. The molecule has 2 aromatic carbocycles. The molecule has 0 atom stereocenters. The van der Waals surface area contributed by atoms with Crippen molar-refractivity contribution >= 4 is 21.2 Å². The van der Waals surface area contributed by atoms with Crippen molar-refractivity contribution in [3.05, 3.63) is 70.0 Å². The minimum absolute atomic E-state index is 0.00321. The Morgan fingerprint density at radius 3 is 2.32 bits per heavy atom. The molecule has 15 nitrogen and oxygen atoms in total. The highest BCUT2D eigenvalue weighted by molar-refractivity contribution is 7.89. The summed E-state index contributed by atoms with van der Waals surface area (Å²) in [6, 6.07) is 11.3. The first-order valence-electron chi connectivity index (χ1n) is 15.6. The van der Waals surface area contributed by atoms with Crippen molar-refractivity contribution in [3.63, 3.8) is 0 Å². The van der Waals surface area contributed by atoms with E-state index in [-0.39, 0.29) is 52.8 Å². The van der Waals surface area contributed by atoms with Crippen LogP contribution in [0.1, 0.15) is 70.3 Å². The molecule has 16 heteroatoms. The summed E-state index contributed by atoms with van der Waals surface area (Å²) in [7, 11) is -3.98. The third kappa shape index (κ3) is 6.47. The number of fused-ring (bicyclic) bond motifs is 1. The number of H-pyrrole nitrogens is 1. The SMILES string of the molecule is CCOc1cc(S(=O)(=O)N2CCC(c3nc4c(nnn4Cc4ccc(C(C)(C)C)cc4)c(=O)[nH]3)CC2)c(OCC)cc1-n1cnnn1. The second-order valence-electron chi connectivity index (χ2n) is 12.4. The van der Waals surface area contributed by atoms with E-state index in [2.05, 4.69) is 63.7 Å². The van der Waals surface area contributed by atoms with Crippen molar-refractivity contribution in [2.75, 3.05) is 26.3 Å². The smallest absolute Gasteiger partial charge is 0.281 e. The van der Waals surface area contributed by atoms with Crippen LogP contribution in [0.4, 0.5) is 0 Å². The normalized spacial score (nSPS) is 14.9. The average Bonchev–Trinajstić information content (AvgIpc) is 3.73. The molecule has 1 fully saturated rings. The predicted octanol–water partition coefficient (Wildman–Crippen LogP) is 3.20. The van der Waals surface area contributed by atoms with Gasteiger partial charge in [0, 0.05) is 31.1 Å². The van der Waals surface area contributed by atoms with Gasteiger partial charge in [-0.3, -0.25) is 4.79 Å². The Hall–Kier alpha value is -4.70. The van der Waals surface area contributed by atoms with Crippen LogP contribution in [0, 0.1) is 0 Å². The van der Waals surface area contributed by atoms with Crippen LogP contribution >= 0.6 is 0 Å². The van der Waals surface area contributed by atoms with Crippen LogP contribution in [0.2, 0.25) is 0 Å². The molecule has 47 heavy (non-hydrogen) atoms. The van der Waals surface area contributed by atoms with Crippen molar-refractivity contribution < 1.29 is 17.9 Å². The topological polar surface area (TPSA) is 176 Å². The Labute approximate surface area is 272 Å². The van der Waals surface area contributed by atoms with Gasteiger partial charge in [-0.15, -0.1) is 10.2 Å². The van der Waals surface area contributed by atoms with Crippen LogP contribution in [-0.4, -0.2) is 84.2 Å². The third-order valence-electron chi connectivity index (χ3n) is 8.22. The molecule has 248 valence electrons. The minimum atomic E-state index is -3.98. The highest BCUT2D eigenvalue weighted by Crippen LogP contribution is 2.38. The maximum absolute atomic E-state index is 14.0. The molecule has 0 amide bonds. The largest absolute Gasteiger partial charge is 0.492 e. The van der Waals surface area contributed by atoms with E-state index < -0.39 is 10.0 Å². The van der Waals surface area contributed by atoms with E-state index in [1.54, 1.807) is 17.7 Å². The summed E-state index contributed by atoms with van der Waals surface area (Å²) < 4.78 is 44.1. The van der Waals surface area contributed by atoms with Gasteiger partial charge in [-0.25, -0.2) is 18.1 Å². The van der Waals surface area contributed by atoms with Crippen molar-refractivity contribution in [3.8, 4) is 17.2 Å². The summed E-state index contributed by atoms with van der Waals surface area (Å²) in [6.45, 7) is 11.5. The average molecular weight is 663 g/mol. The number of aromatic nitrogens is 9. The van der Waals surface area contributed by atoms with Gasteiger partial charge in [-0.05, 0) is 53.7 Å². The van der Waals surface area contributed by atoms with E-state index in [9.17, 15) is 13.2 Å². The van der Waals surface area contributed by atoms with Crippen LogP contribution < -0.4 is 15.0 Å². The van der Waals surface area contributed by atoms with Gasteiger partial charge in [-0.1, -0.05) is 50.3 Å². The summed E-state index contributed by atoms with van der Waals surface area (Å²) in [5.41, 5.74) is 2.92.